The SMILES string of the molecule is C=C(O/C(C)=C1/C(C)=Cc2cc(C)c(C)cc21)C(C)C. The van der Waals surface area contributed by atoms with Gasteiger partial charge >= 0.3 is 0 Å². The van der Waals surface area contributed by atoms with Crippen molar-refractivity contribution >= 4 is 11.6 Å². The van der Waals surface area contributed by atoms with E-state index in [2.05, 4.69) is 59.4 Å². The summed E-state index contributed by atoms with van der Waals surface area (Å²) in [6, 6.07) is 4.52. The number of allylic oxidation sites excluding steroid dienone is 4. The third-order valence-electron chi connectivity index (χ3n) is 3.98. The van der Waals surface area contributed by atoms with Gasteiger partial charge in [-0.25, -0.2) is 0 Å². The fourth-order valence-electron chi connectivity index (χ4n) is 2.53. The molecule has 20 heavy (non-hydrogen) atoms. The maximum atomic E-state index is 5.94. The molecule has 0 amide bonds. The van der Waals surface area contributed by atoms with Crippen molar-refractivity contribution in [2.75, 3.05) is 0 Å². The van der Waals surface area contributed by atoms with Gasteiger partial charge in [0.2, 0.25) is 0 Å². The van der Waals surface area contributed by atoms with Crippen LogP contribution in [0.25, 0.3) is 11.6 Å². The van der Waals surface area contributed by atoms with Gasteiger partial charge in [0.1, 0.15) is 5.76 Å². The van der Waals surface area contributed by atoms with Crippen LogP contribution in [0.2, 0.25) is 0 Å². The molecule has 1 aliphatic rings. The van der Waals surface area contributed by atoms with Crippen molar-refractivity contribution in [2.24, 2.45) is 5.92 Å². The zero-order chi connectivity index (χ0) is 15.0. The fourth-order valence-corrected chi connectivity index (χ4v) is 2.53. The average molecular weight is 268 g/mol. The molecule has 2 rings (SSSR count). The van der Waals surface area contributed by atoms with E-state index in [-0.39, 0.29) is 0 Å². The third-order valence-corrected chi connectivity index (χ3v) is 3.98. The molecule has 0 radical (unpaired) electrons. The Morgan fingerprint density at radius 3 is 2.30 bits per heavy atom. The monoisotopic (exact) mass is 268 g/mol. The molecule has 1 aliphatic carbocycles. The van der Waals surface area contributed by atoms with Gasteiger partial charge in [-0.3, -0.25) is 0 Å². The normalized spacial score (nSPS) is 16.1. The van der Waals surface area contributed by atoms with Crippen molar-refractivity contribution < 1.29 is 4.74 Å². The second kappa shape index (κ2) is 5.32. The highest BCUT2D eigenvalue weighted by atomic mass is 16.5. The van der Waals surface area contributed by atoms with Gasteiger partial charge in [-0.1, -0.05) is 38.6 Å². The molecule has 0 spiro atoms. The number of fused-ring (bicyclic) bond motifs is 1. The highest BCUT2D eigenvalue weighted by Gasteiger charge is 2.20. The Labute approximate surface area is 122 Å². The molecule has 1 heteroatoms. The predicted molar refractivity (Wildman–Crippen MR) is 87.2 cm³/mol. The first-order valence-corrected chi connectivity index (χ1v) is 7.19. The molecule has 0 aliphatic heterocycles. The minimum Gasteiger partial charge on any atom is -0.466 e. The van der Waals surface area contributed by atoms with Crippen LogP contribution in [0.5, 0.6) is 0 Å². The van der Waals surface area contributed by atoms with Crippen molar-refractivity contribution in [3.8, 4) is 0 Å². The van der Waals surface area contributed by atoms with Crippen molar-refractivity contribution in [3.05, 3.63) is 58.1 Å². The fraction of sp³-hybridized carbons (Fsp3) is 0.368. The van der Waals surface area contributed by atoms with E-state index in [0.29, 0.717) is 5.92 Å². The van der Waals surface area contributed by atoms with Crippen LogP contribution in [-0.4, -0.2) is 0 Å². The van der Waals surface area contributed by atoms with Crippen LogP contribution in [0.1, 0.15) is 49.9 Å². The molecular weight excluding hydrogens is 244 g/mol. The van der Waals surface area contributed by atoms with Gasteiger partial charge in [0.05, 0.1) is 5.76 Å². The van der Waals surface area contributed by atoms with Gasteiger partial charge in [0, 0.05) is 11.5 Å². The molecule has 1 aromatic rings. The maximum absolute atomic E-state index is 5.94. The van der Waals surface area contributed by atoms with Crippen molar-refractivity contribution in [2.45, 2.75) is 41.5 Å². The lowest BCUT2D eigenvalue weighted by atomic mass is 9.97. The van der Waals surface area contributed by atoms with Crippen molar-refractivity contribution in [1.82, 2.24) is 0 Å². The first-order chi connectivity index (χ1) is 9.31. The lowest BCUT2D eigenvalue weighted by Crippen LogP contribution is -1.99. The smallest absolute Gasteiger partial charge is 0.109 e. The quantitative estimate of drug-likeness (QED) is 0.645. The Kier molecular flexibility index (Phi) is 3.89. The zero-order valence-electron chi connectivity index (χ0n) is 13.4. The van der Waals surface area contributed by atoms with Crippen LogP contribution < -0.4 is 0 Å². The average Bonchev–Trinajstić information content (AvgIpc) is 2.65. The third kappa shape index (κ3) is 2.58. The van der Waals surface area contributed by atoms with Crippen molar-refractivity contribution in [1.29, 1.82) is 0 Å². The summed E-state index contributed by atoms with van der Waals surface area (Å²) in [7, 11) is 0. The highest BCUT2D eigenvalue weighted by Crippen LogP contribution is 2.39. The molecule has 0 bridgehead atoms. The summed E-state index contributed by atoms with van der Waals surface area (Å²) >= 11 is 0. The lowest BCUT2D eigenvalue weighted by molar-refractivity contribution is 0.272. The minimum absolute atomic E-state index is 0.329. The Morgan fingerprint density at radius 1 is 1.10 bits per heavy atom. The van der Waals surface area contributed by atoms with Gasteiger partial charge in [-0.2, -0.15) is 0 Å². The van der Waals surface area contributed by atoms with E-state index in [1.54, 1.807) is 0 Å². The van der Waals surface area contributed by atoms with Gasteiger partial charge in [-0.05, 0) is 55.5 Å². The van der Waals surface area contributed by atoms with Crippen LogP contribution in [0, 0.1) is 19.8 Å². The molecule has 1 aromatic carbocycles. The first-order valence-electron chi connectivity index (χ1n) is 7.19. The van der Waals surface area contributed by atoms with Gasteiger partial charge < -0.3 is 4.74 Å². The molecule has 0 saturated carbocycles. The van der Waals surface area contributed by atoms with Crippen LogP contribution >= 0.6 is 0 Å². The molecule has 1 nitrogen and oxygen atoms in total. The van der Waals surface area contributed by atoms with Crippen LogP contribution in [0.15, 0.2) is 35.8 Å². The van der Waals surface area contributed by atoms with Gasteiger partial charge in [-0.15, -0.1) is 0 Å². The summed E-state index contributed by atoms with van der Waals surface area (Å²) in [5, 5.41) is 0. The second-order valence-corrected chi connectivity index (χ2v) is 6.01. The standard InChI is InChI=1S/C19H24O/c1-11(2)15(6)20-16(7)19-14(5)9-17-8-12(3)13(4)10-18(17)19/h8-11H,6H2,1-5,7H3/b19-16-. The molecule has 0 saturated heterocycles. The summed E-state index contributed by atoms with van der Waals surface area (Å²) in [4.78, 5) is 0. The topological polar surface area (TPSA) is 9.23 Å². The largest absolute Gasteiger partial charge is 0.466 e. The Hall–Kier alpha value is -1.76. The molecule has 0 heterocycles. The van der Waals surface area contributed by atoms with Crippen LogP contribution in [0.4, 0.5) is 0 Å². The minimum atomic E-state index is 0.329. The summed E-state index contributed by atoms with van der Waals surface area (Å²) in [6.07, 6.45) is 2.24. The number of hydrogen-bond donors (Lipinski definition) is 0. The van der Waals surface area contributed by atoms with Crippen LogP contribution in [0.3, 0.4) is 0 Å². The summed E-state index contributed by atoms with van der Waals surface area (Å²) < 4.78 is 5.94. The van der Waals surface area contributed by atoms with Gasteiger partial charge in [0.15, 0.2) is 0 Å². The lowest BCUT2D eigenvalue weighted by Gasteiger charge is -2.16. The van der Waals surface area contributed by atoms with E-state index in [4.69, 9.17) is 4.74 Å². The predicted octanol–water partition coefficient (Wildman–Crippen LogP) is 5.64. The number of hydrogen-bond acceptors (Lipinski definition) is 1. The Morgan fingerprint density at radius 2 is 1.70 bits per heavy atom. The maximum Gasteiger partial charge on any atom is 0.109 e. The molecule has 106 valence electrons. The molecule has 0 atom stereocenters. The van der Waals surface area contributed by atoms with E-state index in [1.807, 2.05) is 6.92 Å². The highest BCUT2D eigenvalue weighted by molar-refractivity contribution is 5.95. The Balaban J connectivity index is 2.48. The van der Waals surface area contributed by atoms with Gasteiger partial charge in [0.25, 0.3) is 0 Å². The molecule has 0 N–H and O–H groups in total. The summed E-state index contributed by atoms with van der Waals surface area (Å²) in [5.74, 6) is 2.09. The van der Waals surface area contributed by atoms with E-state index >= 15 is 0 Å². The number of rotatable bonds is 3. The number of ether oxygens (including phenoxy) is 1. The van der Waals surface area contributed by atoms with E-state index < -0.39 is 0 Å². The molecule has 0 aromatic heterocycles. The number of aryl methyl sites for hydroxylation is 2. The molecule has 0 unspecified atom stereocenters. The van der Waals surface area contributed by atoms with E-state index in [0.717, 1.165) is 11.5 Å². The van der Waals surface area contributed by atoms with E-state index in [1.165, 1.54) is 33.4 Å². The molecule has 0 fully saturated rings. The summed E-state index contributed by atoms with van der Waals surface area (Å²) in [6.45, 7) is 16.7. The summed E-state index contributed by atoms with van der Waals surface area (Å²) in [5.41, 5.74) is 7.70. The van der Waals surface area contributed by atoms with Crippen LogP contribution in [-0.2, 0) is 4.74 Å². The van der Waals surface area contributed by atoms with Crippen molar-refractivity contribution in [3.63, 3.8) is 0 Å². The Bertz CT molecular complexity index is 627. The molecular formula is C19H24O. The first kappa shape index (κ1) is 14.6. The zero-order valence-corrected chi connectivity index (χ0v) is 13.4. The van der Waals surface area contributed by atoms with E-state index in [9.17, 15) is 0 Å². The number of benzene rings is 1. The second-order valence-electron chi connectivity index (χ2n) is 6.01.